The Bertz CT molecular complexity index is 660. The van der Waals surface area contributed by atoms with Crippen molar-refractivity contribution in [2.24, 2.45) is 0 Å². The molecule has 1 heterocycles. The first kappa shape index (κ1) is 19.7. The minimum Gasteiger partial charge on any atom is -0.400 e. The van der Waals surface area contributed by atoms with E-state index in [1.54, 1.807) is 6.07 Å². The molecule has 7 heteroatoms. The van der Waals surface area contributed by atoms with Gasteiger partial charge in [0.25, 0.3) is 0 Å². The molecule has 0 radical (unpaired) electrons. The molecule has 0 bridgehead atoms. The Labute approximate surface area is 155 Å². The van der Waals surface area contributed by atoms with E-state index in [0.29, 0.717) is 11.3 Å². The largest absolute Gasteiger partial charge is 0.491 e. The lowest BCUT2D eigenvalue weighted by Gasteiger charge is -2.32. The number of hydrogen-bond acceptors (Lipinski definition) is 4. The summed E-state index contributed by atoms with van der Waals surface area (Å²) in [5, 5.41) is 0.00993. The predicted molar refractivity (Wildman–Crippen MR) is 101 cm³/mol. The van der Waals surface area contributed by atoms with Crippen LogP contribution in [0, 0.1) is 5.82 Å². The van der Waals surface area contributed by atoms with E-state index in [2.05, 4.69) is 15.9 Å². The van der Waals surface area contributed by atoms with E-state index in [1.165, 1.54) is 30.8 Å². The summed E-state index contributed by atoms with van der Waals surface area (Å²) in [6, 6.07) is 4.48. The van der Waals surface area contributed by atoms with Crippen molar-refractivity contribution in [2.75, 3.05) is 5.75 Å². The molecule has 2 rings (SSSR count). The van der Waals surface area contributed by atoms with Crippen LogP contribution in [0.2, 0.25) is 0 Å². The van der Waals surface area contributed by atoms with Gasteiger partial charge in [0, 0.05) is 17.1 Å². The van der Waals surface area contributed by atoms with Gasteiger partial charge >= 0.3 is 7.12 Å². The van der Waals surface area contributed by atoms with Crippen LogP contribution in [0.5, 0.6) is 0 Å². The zero-order valence-corrected chi connectivity index (χ0v) is 16.9. The molecule has 0 N–H and O–H groups in total. The maximum Gasteiger partial charge on any atom is 0.491 e. The SMILES string of the molecule is CC(=O)SCC(=Cc1cc(F)ccc1Br)B1OC(C)(C)C(C)(C)O1. The summed E-state index contributed by atoms with van der Waals surface area (Å²) >= 11 is 4.61. The maximum absolute atomic E-state index is 13.6. The molecule has 0 atom stereocenters. The molecule has 1 aliphatic heterocycles. The fourth-order valence-electron chi connectivity index (χ4n) is 2.18. The molecule has 130 valence electrons. The molecule has 1 aromatic carbocycles. The lowest BCUT2D eigenvalue weighted by atomic mass is 9.78. The fraction of sp³-hybridized carbons (Fsp3) is 0.471. The third-order valence-electron chi connectivity index (χ3n) is 4.30. The number of thioether (sulfide) groups is 1. The zero-order valence-electron chi connectivity index (χ0n) is 14.5. The Hall–Kier alpha value is -0.625. The van der Waals surface area contributed by atoms with Crippen molar-refractivity contribution in [2.45, 2.75) is 45.8 Å². The molecule has 0 spiro atoms. The fourth-order valence-corrected chi connectivity index (χ4v) is 3.13. The second-order valence-corrected chi connectivity index (χ2v) is 8.76. The van der Waals surface area contributed by atoms with Gasteiger partial charge in [0.1, 0.15) is 5.82 Å². The number of carbonyl (C=O) groups excluding carboxylic acids is 1. The van der Waals surface area contributed by atoms with Gasteiger partial charge in [-0.3, -0.25) is 4.79 Å². The van der Waals surface area contributed by atoms with Crippen molar-refractivity contribution in [1.29, 1.82) is 0 Å². The molecule has 1 aromatic rings. The maximum atomic E-state index is 13.6. The van der Waals surface area contributed by atoms with Crippen LogP contribution in [-0.2, 0) is 14.1 Å². The highest BCUT2D eigenvalue weighted by molar-refractivity contribution is 9.10. The minimum absolute atomic E-state index is 0.00993. The van der Waals surface area contributed by atoms with Crippen LogP contribution in [0.25, 0.3) is 6.08 Å². The first-order valence-corrected chi connectivity index (χ1v) is 9.44. The topological polar surface area (TPSA) is 35.5 Å². The number of carbonyl (C=O) groups is 1. The van der Waals surface area contributed by atoms with Crippen LogP contribution < -0.4 is 0 Å². The lowest BCUT2D eigenvalue weighted by molar-refractivity contribution is -0.109. The van der Waals surface area contributed by atoms with E-state index in [4.69, 9.17) is 9.31 Å². The Kier molecular flexibility index (Phi) is 6.01. The van der Waals surface area contributed by atoms with Crippen molar-refractivity contribution < 1.29 is 18.5 Å². The normalized spacial score (nSPS) is 19.6. The van der Waals surface area contributed by atoms with E-state index in [1.807, 2.05) is 33.8 Å². The Morgan fingerprint density at radius 1 is 1.29 bits per heavy atom. The molecular weight excluding hydrogens is 394 g/mol. The highest BCUT2D eigenvalue weighted by Gasteiger charge is 2.52. The lowest BCUT2D eigenvalue weighted by Crippen LogP contribution is -2.41. The average Bonchev–Trinajstić information content (AvgIpc) is 2.66. The van der Waals surface area contributed by atoms with Gasteiger partial charge in [-0.1, -0.05) is 33.8 Å². The predicted octanol–water partition coefficient (Wildman–Crippen LogP) is 4.88. The van der Waals surface area contributed by atoms with Gasteiger partial charge in [-0.2, -0.15) is 0 Å². The zero-order chi connectivity index (χ0) is 18.1. The van der Waals surface area contributed by atoms with Crippen molar-refractivity contribution in [3.05, 3.63) is 39.5 Å². The van der Waals surface area contributed by atoms with Gasteiger partial charge in [-0.25, -0.2) is 4.39 Å². The van der Waals surface area contributed by atoms with Gasteiger partial charge in [-0.05, 0) is 56.9 Å². The highest BCUT2D eigenvalue weighted by Crippen LogP contribution is 2.39. The van der Waals surface area contributed by atoms with Crippen LogP contribution in [0.15, 0.2) is 28.1 Å². The summed E-state index contributed by atoms with van der Waals surface area (Å²) in [5.41, 5.74) is 0.525. The van der Waals surface area contributed by atoms with Gasteiger partial charge in [0.15, 0.2) is 5.12 Å². The Balaban J connectivity index is 2.37. The molecule has 0 aliphatic carbocycles. The van der Waals surface area contributed by atoms with Gasteiger partial charge in [-0.15, -0.1) is 0 Å². The average molecular weight is 415 g/mol. The molecule has 24 heavy (non-hydrogen) atoms. The van der Waals surface area contributed by atoms with Gasteiger partial charge < -0.3 is 9.31 Å². The quantitative estimate of drug-likeness (QED) is 0.657. The van der Waals surface area contributed by atoms with E-state index < -0.39 is 18.3 Å². The molecule has 0 aromatic heterocycles. The van der Waals surface area contributed by atoms with Crippen molar-refractivity contribution in [3.63, 3.8) is 0 Å². The number of rotatable bonds is 4. The second kappa shape index (κ2) is 7.32. The third-order valence-corrected chi connectivity index (χ3v) is 5.90. The van der Waals surface area contributed by atoms with Crippen LogP contribution >= 0.6 is 27.7 Å². The number of halogens is 2. The van der Waals surface area contributed by atoms with Gasteiger partial charge in [0.05, 0.1) is 11.2 Å². The summed E-state index contributed by atoms with van der Waals surface area (Å²) in [4.78, 5) is 11.4. The summed E-state index contributed by atoms with van der Waals surface area (Å²) < 4.78 is 26.5. The molecular formula is C17H21BBrFO3S. The molecule has 3 nitrogen and oxygen atoms in total. The van der Waals surface area contributed by atoms with Crippen LogP contribution in [0.3, 0.4) is 0 Å². The highest BCUT2D eigenvalue weighted by atomic mass is 79.9. The van der Waals surface area contributed by atoms with E-state index >= 15 is 0 Å². The summed E-state index contributed by atoms with van der Waals surface area (Å²) in [6.07, 6.45) is 1.82. The smallest absolute Gasteiger partial charge is 0.400 e. The summed E-state index contributed by atoms with van der Waals surface area (Å²) in [5.74, 6) is 0.103. The number of hydrogen-bond donors (Lipinski definition) is 0. The number of benzene rings is 1. The van der Waals surface area contributed by atoms with Crippen LogP contribution in [0.1, 0.15) is 40.2 Å². The molecule has 0 unspecified atom stereocenters. The molecule has 1 aliphatic rings. The first-order chi connectivity index (χ1) is 11.0. The van der Waals surface area contributed by atoms with Crippen molar-refractivity contribution in [3.8, 4) is 0 Å². The van der Waals surface area contributed by atoms with E-state index in [0.717, 1.165) is 9.95 Å². The van der Waals surface area contributed by atoms with Gasteiger partial charge in [0.2, 0.25) is 0 Å². The molecule has 0 amide bonds. The van der Waals surface area contributed by atoms with E-state index in [9.17, 15) is 9.18 Å². The minimum atomic E-state index is -0.572. The summed E-state index contributed by atoms with van der Waals surface area (Å²) in [7, 11) is -0.572. The van der Waals surface area contributed by atoms with E-state index in [-0.39, 0.29) is 10.9 Å². The first-order valence-electron chi connectivity index (χ1n) is 7.66. The van der Waals surface area contributed by atoms with Crippen LogP contribution in [-0.4, -0.2) is 29.2 Å². The molecule has 0 saturated carbocycles. The molecule has 1 saturated heterocycles. The second-order valence-electron chi connectivity index (χ2n) is 6.75. The summed E-state index contributed by atoms with van der Waals surface area (Å²) in [6.45, 7) is 9.41. The Morgan fingerprint density at radius 2 is 1.88 bits per heavy atom. The van der Waals surface area contributed by atoms with Crippen molar-refractivity contribution >= 4 is 46.0 Å². The standard InChI is InChI=1S/C17H21BBrFO3S/c1-11(21)24-10-13(8-12-9-14(20)6-7-15(12)19)18-22-16(2,3)17(4,5)23-18/h6-9H,10H2,1-5H3. The molecule has 1 fully saturated rings. The third kappa shape index (κ3) is 4.51. The van der Waals surface area contributed by atoms with Crippen molar-refractivity contribution in [1.82, 2.24) is 0 Å². The monoisotopic (exact) mass is 414 g/mol. The van der Waals surface area contributed by atoms with Crippen LogP contribution in [0.4, 0.5) is 4.39 Å². The Morgan fingerprint density at radius 3 is 2.42 bits per heavy atom.